The van der Waals surface area contributed by atoms with Gasteiger partial charge < -0.3 is 15.3 Å². The topological polar surface area (TPSA) is 69.6 Å². The van der Waals surface area contributed by atoms with E-state index in [0.717, 1.165) is 12.8 Å². The van der Waals surface area contributed by atoms with Gasteiger partial charge in [0.2, 0.25) is 0 Å². The standard InChI is InChI=1S/C16H20N2O3/c19-15(20)13-7-8-18(10-13)16(21)17-9-12-6-5-11-3-1-2-4-14(11)12/h1-4,12-13H,5-10H2,(H,17,21)(H,19,20). The number of benzene rings is 1. The van der Waals surface area contributed by atoms with Crippen LogP contribution in [0, 0.1) is 5.92 Å². The van der Waals surface area contributed by atoms with Crippen molar-refractivity contribution in [2.45, 2.75) is 25.2 Å². The van der Waals surface area contributed by atoms with E-state index in [1.54, 1.807) is 4.90 Å². The van der Waals surface area contributed by atoms with Crippen molar-refractivity contribution in [3.8, 4) is 0 Å². The van der Waals surface area contributed by atoms with Gasteiger partial charge in [0.15, 0.2) is 0 Å². The first-order valence-corrected chi connectivity index (χ1v) is 7.48. The van der Waals surface area contributed by atoms with Crippen LogP contribution in [0.25, 0.3) is 0 Å². The van der Waals surface area contributed by atoms with Gasteiger partial charge in [-0.05, 0) is 30.4 Å². The van der Waals surface area contributed by atoms with Crippen LogP contribution in [-0.2, 0) is 11.2 Å². The molecular weight excluding hydrogens is 268 g/mol. The maximum atomic E-state index is 12.1. The summed E-state index contributed by atoms with van der Waals surface area (Å²) >= 11 is 0. The maximum Gasteiger partial charge on any atom is 0.317 e. The van der Waals surface area contributed by atoms with E-state index in [1.165, 1.54) is 11.1 Å². The number of fused-ring (bicyclic) bond motifs is 1. The Morgan fingerprint density at radius 3 is 2.86 bits per heavy atom. The van der Waals surface area contributed by atoms with Crippen LogP contribution in [0.3, 0.4) is 0 Å². The van der Waals surface area contributed by atoms with E-state index in [0.29, 0.717) is 32.0 Å². The number of carbonyl (C=O) groups excluding carboxylic acids is 1. The summed E-state index contributed by atoms with van der Waals surface area (Å²) in [5.74, 6) is -0.846. The molecule has 0 saturated carbocycles. The summed E-state index contributed by atoms with van der Waals surface area (Å²) in [5.41, 5.74) is 2.71. The van der Waals surface area contributed by atoms with Crippen molar-refractivity contribution in [2.75, 3.05) is 19.6 Å². The SMILES string of the molecule is O=C(O)C1CCN(C(=O)NCC2CCc3ccccc32)C1. The zero-order chi connectivity index (χ0) is 14.8. The molecule has 1 aliphatic heterocycles. The number of carboxylic acid groups (broad SMARTS) is 1. The van der Waals surface area contributed by atoms with Gasteiger partial charge in [-0.25, -0.2) is 4.79 Å². The number of carboxylic acids is 1. The summed E-state index contributed by atoms with van der Waals surface area (Å²) in [4.78, 5) is 24.6. The molecule has 21 heavy (non-hydrogen) atoms. The average Bonchev–Trinajstić information content (AvgIpc) is 3.12. The van der Waals surface area contributed by atoms with Crippen molar-refractivity contribution < 1.29 is 14.7 Å². The number of likely N-dealkylation sites (tertiary alicyclic amines) is 1. The number of aliphatic carboxylic acids is 1. The van der Waals surface area contributed by atoms with Crippen LogP contribution in [0.2, 0.25) is 0 Å². The van der Waals surface area contributed by atoms with E-state index in [1.807, 2.05) is 6.07 Å². The minimum Gasteiger partial charge on any atom is -0.481 e. The van der Waals surface area contributed by atoms with Crippen molar-refractivity contribution in [3.05, 3.63) is 35.4 Å². The quantitative estimate of drug-likeness (QED) is 0.891. The van der Waals surface area contributed by atoms with Crippen LogP contribution in [0.5, 0.6) is 0 Å². The number of aryl methyl sites for hydroxylation is 1. The van der Waals surface area contributed by atoms with Gasteiger partial charge in [0, 0.05) is 25.6 Å². The van der Waals surface area contributed by atoms with Crippen molar-refractivity contribution >= 4 is 12.0 Å². The summed E-state index contributed by atoms with van der Waals surface area (Å²) in [6, 6.07) is 8.24. The lowest BCUT2D eigenvalue weighted by atomic mass is 10.0. The average molecular weight is 288 g/mol. The Labute approximate surface area is 123 Å². The molecule has 1 fully saturated rings. The largest absolute Gasteiger partial charge is 0.481 e. The molecule has 0 aromatic heterocycles. The Morgan fingerprint density at radius 1 is 1.29 bits per heavy atom. The highest BCUT2D eigenvalue weighted by atomic mass is 16.4. The van der Waals surface area contributed by atoms with E-state index >= 15 is 0 Å². The number of hydrogen-bond donors (Lipinski definition) is 2. The predicted molar refractivity (Wildman–Crippen MR) is 78.2 cm³/mol. The van der Waals surface area contributed by atoms with Crippen LogP contribution in [-0.4, -0.2) is 41.6 Å². The number of carbonyl (C=O) groups is 2. The van der Waals surface area contributed by atoms with Crippen molar-refractivity contribution in [3.63, 3.8) is 0 Å². The lowest BCUT2D eigenvalue weighted by Crippen LogP contribution is -2.40. The molecule has 0 spiro atoms. The van der Waals surface area contributed by atoms with Crippen molar-refractivity contribution in [1.29, 1.82) is 0 Å². The van der Waals surface area contributed by atoms with Gasteiger partial charge in [0.1, 0.15) is 0 Å². The zero-order valence-electron chi connectivity index (χ0n) is 11.9. The fourth-order valence-corrected chi connectivity index (χ4v) is 3.33. The third-order valence-corrected chi connectivity index (χ3v) is 4.58. The van der Waals surface area contributed by atoms with Gasteiger partial charge >= 0.3 is 12.0 Å². The van der Waals surface area contributed by atoms with Crippen molar-refractivity contribution in [1.82, 2.24) is 10.2 Å². The predicted octanol–water partition coefficient (Wildman–Crippen LogP) is 1.83. The number of amides is 2. The summed E-state index contributed by atoms with van der Waals surface area (Å²) in [5, 5.41) is 11.9. The van der Waals surface area contributed by atoms with Gasteiger partial charge in [0.25, 0.3) is 0 Å². The molecular formula is C16H20N2O3. The normalized spacial score (nSPS) is 23.9. The first-order valence-electron chi connectivity index (χ1n) is 7.48. The first-order chi connectivity index (χ1) is 10.1. The number of nitrogens with zero attached hydrogens (tertiary/aromatic N) is 1. The summed E-state index contributed by atoms with van der Waals surface area (Å²) < 4.78 is 0. The highest BCUT2D eigenvalue weighted by molar-refractivity contribution is 5.77. The van der Waals surface area contributed by atoms with E-state index < -0.39 is 11.9 Å². The lowest BCUT2D eigenvalue weighted by molar-refractivity contribution is -0.141. The molecule has 5 nitrogen and oxygen atoms in total. The van der Waals surface area contributed by atoms with Crippen LogP contribution in [0.1, 0.15) is 29.9 Å². The van der Waals surface area contributed by atoms with E-state index in [-0.39, 0.29) is 6.03 Å². The molecule has 1 aromatic carbocycles. The highest BCUT2D eigenvalue weighted by Crippen LogP contribution is 2.32. The minimum absolute atomic E-state index is 0.136. The van der Waals surface area contributed by atoms with Gasteiger partial charge in [-0.1, -0.05) is 24.3 Å². The molecule has 0 radical (unpaired) electrons. The van der Waals surface area contributed by atoms with Gasteiger partial charge in [-0.2, -0.15) is 0 Å². The summed E-state index contributed by atoms with van der Waals surface area (Å²) in [6.45, 7) is 1.48. The van der Waals surface area contributed by atoms with Crippen LogP contribution in [0.15, 0.2) is 24.3 Å². The Hall–Kier alpha value is -2.04. The molecule has 3 rings (SSSR count). The van der Waals surface area contributed by atoms with Crippen molar-refractivity contribution in [2.24, 2.45) is 5.92 Å². The number of nitrogens with one attached hydrogen (secondary N) is 1. The second kappa shape index (κ2) is 5.76. The fraction of sp³-hybridized carbons (Fsp3) is 0.500. The minimum atomic E-state index is -0.810. The molecule has 1 saturated heterocycles. The molecule has 2 atom stereocenters. The Morgan fingerprint density at radius 2 is 2.10 bits per heavy atom. The van der Waals surface area contributed by atoms with Crippen LogP contribution >= 0.6 is 0 Å². The monoisotopic (exact) mass is 288 g/mol. The van der Waals surface area contributed by atoms with Crippen LogP contribution in [0.4, 0.5) is 4.79 Å². The maximum absolute atomic E-state index is 12.1. The third-order valence-electron chi connectivity index (χ3n) is 4.58. The van der Waals surface area contributed by atoms with Gasteiger partial charge in [-0.15, -0.1) is 0 Å². The molecule has 1 heterocycles. The van der Waals surface area contributed by atoms with E-state index in [9.17, 15) is 9.59 Å². The molecule has 112 valence electrons. The number of hydrogen-bond acceptors (Lipinski definition) is 2. The van der Waals surface area contributed by atoms with Gasteiger partial charge in [-0.3, -0.25) is 4.79 Å². The second-order valence-electron chi connectivity index (χ2n) is 5.89. The van der Waals surface area contributed by atoms with E-state index in [2.05, 4.69) is 23.5 Å². The van der Waals surface area contributed by atoms with E-state index in [4.69, 9.17) is 5.11 Å². The zero-order valence-corrected chi connectivity index (χ0v) is 11.9. The molecule has 2 N–H and O–H groups in total. The fourth-order valence-electron chi connectivity index (χ4n) is 3.33. The Balaban J connectivity index is 1.52. The number of urea groups is 1. The van der Waals surface area contributed by atoms with Crippen LogP contribution < -0.4 is 5.32 Å². The highest BCUT2D eigenvalue weighted by Gasteiger charge is 2.31. The summed E-state index contributed by atoms with van der Waals surface area (Å²) in [7, 11) is 0. The molecule has 2 unspecified atom stereocenters. The molecule has 1 aliphatic carbocycles. The molecule has 1 aromatic rings. The number of rotatable bonds is 3. The first kappa shape index (κ1) is 13.9. The molecule has 2 aliphatic rings. The lowest BCUT2D eigenvalue weighted by Gasteiger charge is -2.19. The summed E-state index contributed by atoms with van der Waals surface area (Å²) in [6.07, 6.45) is 2.69. The molecule has 5 heteroatoms. The smallest absolute Gasteiger partial charge is 0.317 e. The third kappa shape index (κ3) is 2.86. The second-order valence-corrected chi connectivity index (χ2v) is 5.89. The molecule has 0 bridgehead atoms. The Bertz CT molecular complexity index is 558. The van der Waals surface area contributed by atoms with Gasteiger partial charge in [0.05, 0.1) is 5.92 Å². The molecule has 2 amide bonds. The Kier molecular flexibility index (Phi) is 3.82.